The molecular formula is C109H81AlIrN16OP. The Balaban J connectivity index is 0.000000143. The van der Waals surface area contributed by atoms with Gasteiger partial charge in [0.1, 0.15) is 39.5 Å². The first kappa shape index (κ1) is 81.6. The quantitative estimate of drug-likeness (QED) is 0.0445. The largest absolute Gasteiger partial charge is 0.649 e. The maximum Gasteiger partial charge on any atom is 0.494 e. The molecule has 1 N–H and O–H groups in total. The Hall–Kier alpha value is -15.7. The van der Waals surface area contributed by atoms with Crippen LogP contribution in [0.25, 0.3) is 151 Å². The molecule has 11 aromatic heterocycles. The first-order valence-corrected chi connectivity index (χ1v) is 42.3. The molecule has 0 aliphatic carbocycles. The number of benzene rings is 12. The number of nitrogens with zero attached hydrogens (tertiary/aromatic N) is 15. The third-order valence-electron chi connectivity index (χ3n) is 22.1. The van der Waals surface area contributed by atoms with E-state index in [2.05, 4.69) is 295 Å². The molecule has 0 saturated heterocycles. The number of nitrogens with one attached hydrogen (secondary N) is 1. The Kier molecular flexibility index (Phi) is 24.3. The molecule has 0 aliphatic heterocycles. The summed E-state index contributed by atoms with van der Waals surface area (Å²) in [5.41, 5.74) is 26.9. The second kappa shape index (κ2) is 38.4. The molecule has 129 heavy (non-hydrogen) atoms. The molecule has 20 heteroatoms. The Labute approximate surface area is 772 Å². The van der Waals surface area contributed by atoms with E-state index in [1.807, 2.05) is 164 Å². The van der Waals surface area contributed by atoms with Gasteiger partial charge >= 0.3 is 22.3 Å². The molecule has 1 unspecified atom stereocenters. The molecule has 12 aromatic carbocycles. The SMILES string of the molecule is Cc1cccc(N(c2ccccc2)c2ccc(-c3ccc(N(c4ccccc4)c4cccc(C)c4)cc3)cc2)c1.[2H]P[3H].[AlH][O]c1cccc2cccnc12.[Ir].[c-]1ccccc1-c1ccccn1.c1cnc2c(-n3c(-c4cc(-c5nc6ccc[n+](-c7cccc8cccnc78)c6[nH]5)cc(-c5nc6cccnc6n5-c5cccc6cccnc56)c4)nc4cccnc43)cccc2c1. The number of imidazole rings is 3. The van der Waals surface area contributed by atoms with E-state index < -0.39 is 9.79 Å². The van der Waals surface area contributed by atoms with Crippen molar-refractivity contribution in [3.05, 3.63) is 443 Å². The molecule has 0 aliphatic rings. The number of pyridine rings is 8. The van der Waals surface area contributed by atoms with Crippen molar-refractivity contribution in [1.82, 2.24) is 64.0 Å². The fourth-order valence-corrected chi connectivity index (χ4v) is 16.5. The Morgan fingerprint density at radius 1 is 0.380 bits per heavy atom. The topological polar surface area (TPSA) is 174 Å². The van der Waals surface area contributed by atoms with Crippen LogP contribution in [0.15, 0.2) is 426 Å². The van der Waals surface area contributed by atoms with Gasteiger partial charge in [0.15, 0.2) is 22.5 Å². The van der Waals surface area contributed by atoms with E-state index in [4.69, 9.17) is 46.2 Å². The Bertz CT molecular complexity index is 7560. The Morgan fingerprint density at radius 2 is 0.806 bits per heavy atom. The zero-order valence-corrected chi connectivity index (χ0v) is 74.9. The van der Waals surface area contributed by atoms with Crippen LogP contribution in [0.2, 0.25) is 0 Å². The summed E-state index contributed by atoms with van der Waals surface area (Å²) in [5.74, 6) is 2.88. The molecule has 0 amide bonds. The van der Waals surface area contributed by atoms with Gasteiger partial charge in [-0.05, 0) is 224 Å². The molecule has 17 nitrogen and oxygen atoms in total. The van der Waals surface area contributed by atoms with Crippen LogP contribution in [0.5, 0.6) is 5.75 Å². The fourth-order valence-electron chi connectivity index (χ4n) is 16.3. The summed E-state index contributed by atoms with van der Waals surface area (Å²) in [7, 11) is -0.417. The van der Waals surface area contributed by atoms with Gasteiger partial charge < -0.3 is 18.6 Å². The van der Waals surface area contributed by atoms with Gasteiger partial charge in [-0.15, -0.1) is 35.9 Å². The molecule has 0 fully saturated rings. The summed E-state index contributed by atoms with van der Waals surface area (Å²) in [6.45, 7) is 4.27. The number of H-pyrrole nitrogens is 1. The predicted molar refractivity (Wildman–Crippen MR) is 525 cm³/mol. The van der Waals surface area contributed by atoms with Crippen molar-refractivity contribution in [3.63, 3.8) is 0 Å². The summed E-state index contributed by atoms with van der Waals surface area (Å²) in [5, 5.41) is 4.18. The minimum atomic E-state index is -0.417. The van der Waals surface area contributed by atoms with Gasteiger partial charge in [0.2, 0.25) is 5.82 Å². The van der Waals surface area contributed by atoms with Crippen LogP contribution < -0.4 is 18.2 Å². The summed E-state index contributed by atoms with van der Waals surface area (Å²) in [6, 6.07) is 132. The molecular weight excluding hydrogens is 1800 g/mol. The third-order valence-corrected chi connectivity index (χ3v) is 22.4. The van der Waals surface area contributed by atoms with Crippen molar-refractivity contribution in [3.8, 4) is 79.4 Å². The van der Waals surface area contributed by atoms with Crippen LogP contribution in [0.3, 0.4) is 0 Å². The van der Waals surface area contributed by atoms with Crippen LogP contribution >= 0.6 is 9.79 Å². The molecule has 23 rings (SSSR count). The number of para-hydroxylation sites is 6. The van der Waals surface area contributed by atoms with E-state index in [1.54, 1.807) is 24.8 Å². The first-order chi connectivity index (χ1) is 64.2. The van der Waals surface area contributed by atoms with Crippen LogP contribution in [0.4, 0.5) is 34.1 Å². The number of rotatable bonds is 15. The minimum Gasteiger partial charge on any atom is -0.649 e. The van der Waals surface area contributed by atoms with Crippen molar-refractivity contribution in [2.24, 2.45) is 0 Å². The standard InChI is InChI=1S/C51H30N12.C38H32N2.C11H8N.C9H7NO.Al.Ir.H3P.H/c1-10-31-13-4-22-52-43(31)40(19-1)61-27-9-18-39-51(61)60-46(57-39)34-28-35(47-58-37-16-7-25-55-49(37)62(47)41-20-2-11-32-14-5-23-53-44(32)41)30-36(29-34)48-59-38-17-8-26-56-50(38)63(48)42-21-3-12-33-15-6-24-54-45(33)42;1-29-11-9-17-37(27-29)39(33-13-5-3-6-14-33)35-23-19-31(20-24-35)32-21-25-36(26-22-32)40(34-15-7-4-8-16-34)38-18-10-12-30(2)28-38;1-2-6-10(7-3-1)11-8-4-5-9-12-11;11-8-5-1-3-7-4-2-6-10-9(7)8;;;;/h1-30H;3-28H,1-2H3;1-6,8-9H;1-6,11H;;;1H3;/q;;-1;;+1;;;/i;;;;;;1TD;. The third kappa shape index (κ3) is 17.6. The van der Waals surface area contributed by atoms with Gasteiger partial charge in [-0.2, -0.15) is 14.4 Å². The van der Waals surface area contributed by atoms with E-state index in [-0.39, 0.29) is 20.1 Å². The zero-order valence-electron chi connectivity index (χ0n) is 72.1. The maximum absolute atomic E-state index is 5.90. The molecule has 0 bridgehead atoms. The van der Waals surface area contributed by atoms with Gasteiger partial charge in [0.25, 0.3) is 0 Å². The predicted octanol–water partition coefficient (Wildman–Crippen LogP) is 24.9. The summed E-state index contributed by atoms with van der Waals surface area (Å²) in [4.78, 5) is 56.9. The van der Waals surface area contributed by atoms with E-state index in [0.29, 0.717) is 28.8 Å². The van der Waals surface area contributed by atoms with Crippen LogP contribution in [0, 0.1) is 19.9 Å². The maximum atomic E-state index is 5.90. The molecule has 23 aromatic rings. The number of hydrogen-bond acceptors (Lipinski definition) is 13. The second-order valence-electron chi connectivity index (χ2n) is 30.4. The van der Waals surface area contributed by atoms with Crippen molar-refractivity contribution in [1.29, 1.82) is 2.56 Å². The van der Waals surface area contributed by atoms with E-state index in [9.17, 15) is 0 Å². The van der Waals surface area contributed by atoms with Gasteiger partial charge in [-0.25, -0.2) is 29.9 Å². The number of anilines is 6. The molecule has 0 saturated carbocycles. The van der Waals surface area contributed by atoms with Crippen molar-refractivity contribution < 1.29 is 28.5 Å². The molecule has 2 radical (unpaired) electrons. The van der Waals surface area contributed by atoms with Gasteiger partial charge in [0.05, 0.1) is 31.2 Å². The Morgan fingerprint density at radius 3 is 1.32 bits per heavy atom. The normalized spacial score (nSPS) is 11.2. The van der Waals surface area contributed by atoms with Crippen molar-refractivity contribution in [2.75, 3.05) is 9.80 Å². The molecule has 620 valence electrons. The summed E-state index contributed by atoms with van der Waals surface area (Å²) >= 11 is 1.47. The van der Waals surface area contributed by atoms with Crippen molar-refractivity contribution in [2.45, 2.75) is 13.8 Å². The van der Waals surface area contributed by atoms with Crippen LogP contribution in [0.1, 0.15) is 11.1 Å². The van der Waals surface area contributed by atoms with Crippen molar-refractivity contribution >= 4 is 138 Å². The monoisotopic (exact) mass is 1880 g/mol. The number of hydrogen-bond donors (Lipinski definition) is 1. The van der Waals surface area contributed by atoms with E-state index >= 15 is 0 Å². The molecule has 1 atom stereocenters. The van der Waals surface area contributed by atoms with E-state index in [0.717, 1.165) is 151 Å². The van der Waals surface area contributed by atoms with Gasteiger partial charge in [-0.3, -0.25) is 29.1 Å². The van der Waals surface area contributed by atoms with Crippen LogP contribution in [-0.4, -0.2) is 83.1 Å². The van der Waals surface area contributed by atoms with E-state index in [1.165, 1.54) is 38.9 Å². The molecule has 0 spiro atoms. The number of fused-ring (bicyclic) bond motifs is 7. The smallest absolute Gasteiger partial charge is 0.494 e. The second-order valence-corrected chi connectivity index (χ2v) is 30.7. The molecule has 11 heterocycles. The average Bonchev–Trinajstić information content (AvgIpc) is 1.59. The minimum absolute atomic E-state index is 0. The fraction of sp³-hybridized carbons (Fsp3) is 0.0183. The van der Waals surface area contributed by atoms with Crippen LogP contribution in [-0.2, 0) is 20.1 Å². The average molecular weight is 1880 g/mol. The number of aromatic amines is 1. The van der Waals surface area contributed by atoms with Gasteiger partial charge in [0, 0.05) is 136 Å². The summed E-state index contributed by atoms with van der Waals surface area (Å²) in [6.07, 6.45) is 14.7. The number of aromatic nitrogens is 14. The van der Waals surface area contributed by atoms with Gasteiger partial charge in [-0.1, -0.05) is 170 Å². The first-order valence-electron chi connectivity index (χ1n) is 42.7. The zero-order chi connectivity index (χ0) is 88.1. The summed E-state index contributed by atoms with van der Waals surface area (Å²) < 4.78 is 23.3. The number of aryl methyl sites for hydroxylation is 2.